The highest BCUT2D eigenvalue weighted by Gasteiger charge is 2.01. The fourth-order valence-corrected chi connectivity index (χ4v) is 0.981. The molecular weight excluding hydrogens is 140 g/mol. The quantitative estimate of drug-likeness (QED) is 0.664. The molecule has 0 saturated heterocycles. The van der Waals surface area contributed by atoms with Crippen LogP contribution in [0.5, 0.6) is 0 Å². The van der Waals surface area contributed by atoms with Crippen molar-refractivity contribution in [3.05, 3.63) is 23.7 Å². The number of hydrogen-bond donors (Lipinski definition) is 0. The third-order valence-electron chi connectivity index (χ3n) is 1.71. The highest BCUT2D eigenvalue weighted by Crippen LogP contribution is 2.10. The van der Waals surface area contributed by atoms with Gasteiger partial charge in [0.25, 0.3) is 0 Å². The van der Waals surface area contributed by atoms with Gasteiger partial charge in [0.15, 0.2) is 0 Å². The molecule has 1 aromatic heterocycles. The van der Waals surface area contributed by atoms with Crippen molar-refractivity contribution in [3.8, 4) is 0 Å². The van der Waals surface area contributed by atoms with Crippen LogP contribution in [0.2, 0.25) is 0 Å². The van der Waals surface area contributed by atoms with Crippen LogP contribution in [0.25, 0.3) is 0 Å². The van der Waals surface area contributed by atoms with Gasteiger partial charge in [-0.1, -0.05) is 0 Å². The Bertz CT molecular complexity index is 248. The summed E-state index contributed by atoms with van der Waals surface area (Å²) >= 11 is 0. The first-order valence-corrected chi connectivity index (χ1v) is 3.72. The van der Waals surface area contributed by atoms with Crippen LogP contribution in [0.1, 0.15) is 24.7 Å². The number of carbonyl (C=O) groups excluding carboxylic acids is 1. The van der Waals surface area contributed by atoms with Crippen LogP contribution in [-0.2, 0) is 11.2 Å². The summed E-state index contributed by atoms with van der Waals surface area (Å²) in [6.07, 6.45) is 3.07. The van der Waals surface area contributed by atoms with E-state index in [4.69, 9.17) is 4.42 Å². The van der Waals surface area contributed by atoms with Gasteiger partial charge < -0.3 is 9.21 Å². The number of aryl methyl sites for hydroxylation is 2. The van der Waals surface area contributed by atoms with Gasteiger partial charge in [0, 0.05) is 6.42 Å². The predicted octanol–water partition coefficient (Wildman–Crippen LogP) is 2.11. The van der Waals surface area contributed by atoms with Gasteiger partial charge in [-0.15, -0.1) is 0 Å². The molecule has 1 heterocycles. The molecule has 0 aliphatic heterocycles. The Kier molecular flexibility index (Phi) is 2.47. The fourth-order valence-electron chi connectivity index (χ4n) is 0.981. The van der Waals surface area contributed by atoms with E-state index in [0.29, 0.717) is 6.42 Å². The molecule has 0 fully saturated rings. The Labute approximate surface area is 66.2 Å². The minimum absolute atomic E-state index is 0.227. The Hall–Kier alpha value is -1.05. The maximum absolute atomic E-state index is 10.6. The molecule has 0 spiro atoms. The van der Waals surface area contributed by atoms with Crippen LogP contribution < -0.4 is 0 Å². The lowest BCUT2D eigenvalue weighted by Gasteiger charge is -1.94. The van der Waals surface area contributed by atoms with E-state index in [1.165, 1.54) is 0 Å². The van der Waals surface area contributed by atoms with Crippen molar-refractivity contribution < 1.29 is 9.21 Å². The topological polar surface area (TPSA) is 30.2 Å². The van der Waals surface area contributed by atoms with Crippen LogP contribution in [0.4, 0.5) is 0 Å². The van der Waals surface area contributed by atoms with Gasteiger partial charge in [0.1, 0.15) is 11.5 Å². The second-order valence-corrected chi connectivity index (χ2v) is 2.70. The minimum atomic E-state index is 0.227. The molecule has 0 aliphatic carbocycles. The number of rotatable bonds is 3. The molecule has 0 aromatic carbocycles. The van der Waals surface area contributed by atoms with Crippen molar-refractivity contribution in [1.29, 1.82) is 0 Å². The number of furan rings is 1. The van der Waals surface area contributed by atoms with E-state index in [0.717, 1.165) is 17.7 Å². The van der Waals surface area contributed by atoms with Crippen molar-refractivity contribution >= 4 is 5.78 Å². The molecule has 0 bridgehead atoms. The molecule has 0 atom stereocenters. The summed E-state index contributed by atoms with van der Waals surface area (Å²) in [5.74, 6) is 1.15. The summed E-state index contributed by atoms with van der Waals surface area (Å²) in [7, 11) is 0. The predicted molar refractivity (Wildman–Crippen MR) is 42.4 cm³/mol. The fraction of sp³-hybridized carbons (Fsp3) is 0.444. The molecule has 1 rings (SSSR count). The van der Waals surface area contributed by atoms with Crippen LogP contribution in [0.3, 0.4) is 0 Å². The zero-order valence-electron chi connectivity index (χ0n) is 6.89. The second-order valence-electron chi connectivity index (χ2n) is 2.70. The van der Waals surface area contributed by atoms with Crippen molar-refractivity contribution in [2.24, 2.45) is 0 Å². The standard InChI is InChI=1S/C9H12O2/c1-7(10)3-4-9-5-6-11-8(9)2/h5-6H,3-4H2,1-2H3. The Morgan fingerprint density at radius 3 is 2.82 bits per heavy atom. The molecule has 2 heteroatoms. The highest BCUT2D eigenvalue weighted by atomic mass is 16.3. The van der Waals surface area contributed by atoms with E-state index >= 15 is 0 Å². The highest BCUT2D eigenvalue weighted by molar-refractivity contribution is 5.75. The molecule has 0 saturated carbocycles. The van der Waals surface area contributed by atoms with E-state index in [-0.39, 0.29) is 5.78 Å². The molecule has 0 aliphatic rings. The number of hydrogen-bond acceptors (Lipinski definition) is 2. The minimum Gasteiger partial charge on any atom is -0.469 e. The SMILES string of the molecule is CC(=O)CCc1ccoc1C. The molecule has 1 aromatic rings. The maximum Gasteiger partial charge on any atom is 0.130 e. The lowest BCUT2D eigenvalue weighted by atomic mass is 10.1. The second kappa shape index (κ2) is 3.37. The van der Waals surface area contributed by atoms with E-state index in [1.807, 2.05) is 13.0 Å². The van der Waals surface area contributed by atoms with Crippen molar-refractivity contribution in [3.63, 3.8) is 0 Å². The average molecular weight is 152 g/mol. The lowest BCUT2D eigenvalue weighted by Crippen LogP contribution is -1.93. The van der Waals surface area contributed by atoms with Gasteiger partial charge in [-0.25, -0.2) is 0 Å². The third-order valence-corrected chi connectivity index (χ3v) is 1.71. The normalized spacial score (nSPS) is 10.0. The first-order chi connectivity index (χ1) is 5.20. The largest absolute Gasteiger partial charge is 0.469 e. The van der Waals surface area contributed by atoms with Crippen LogP contribution in [-0.4, -0.2) is 5.78 Å². The first-order valence-electron chi connectivity index (χ1n) is 3.72. The average Bonchev–Trinajstić information content (AvgIpc) is 2.31. The van der Waals surface area contributed by atoms with E-state index in [2.05, 4.69) is 0 Å². The van der Waals surface area contributed by atoms with Gasteiger partial charge in [0.2, 0.25) is 0 Å². The van der Waals surface area contributed by atoms with Gasteiger partial charge in [-0.2, -0.15) is 0 Å². The van der Waals surface area contributed by atoms with Crippen molar-refractivity contribution in [2.75, 3.05) is 0 Å². The molecule has 11 heavy (non-hydrogen) atoms. The van der Waals surface area contributed by atoms with Crippen LogP contribution in [0.15, 0.2) is 16.7 Å². The summed E-state index contributed by atoms with van der Waals surface area (Å²) in [5, 5.41) is 0. The molecule has 0 N–H and O–H groups in total. The summed E-state index contributed by atoms with van der Waals surface area (Å²) in [4.78, 5) is 10.6. The van der Waals surface area contributed by atoms with Crippen molar-refractivity contribution in [1.82, 2.24) is 0 Å². The third kappa shape index (κ3) is 2.22. The smallest absolute Gasteiger partial charge is 0.130 e. The first kappa shape index (κ1) is 8.05. The zero-order chi connectivity index (χ0) is 8.27. The summed E-state index contributed by atoms with van der Waals surface area (Å²) < 4.78 is 5.09. The summed E-state index contributed by atoms with van der Waals surface area (Å²) in [6, 6.07) is 1.91. The molecule has 0 radical (unpaired) electrons. The van der Waals surface area contributed by atoms with E-state index < -0.39 is 0 Å². The zero-order valence-corrected chi connectivity index (χ0v) is 6.89. The van der Waals surface area contributed by atoms with Gasteiger partial charge in [-0.05, 0) is 31.9 Å². The molecular formula is C9H12O2. The van der Waals surface area contributed by atoms with Gasteiger partial charge in [-0.3, -0.25) is 0 Å². The van der Waals surface area contributed by atoms with Gasteiger partial charge in [0.05, 0.1) is 6.26 Å². The van der Waals surface area contributed by atoms with Crippen molar-refractivity contribution in [2.45, 2.75) is 26.7 Å². The monoisotopic (exact) mass is 152 g/mol. The molecule has 2 nitrogen and oxygen atoms in total. The Morgan fingerprint density at radius 2 is 2.36 bits per heavy atom. The number of Topliss-reactive ketones (excluding diaryl/α,β-unsaturated/α-hetero) is 1. The lowest BCUT2D eigenvalue weighted by molar-refractivity contribution is -0.116. The number of carbonyl (C=O) groups is 1. The van der Waals surface area contributed by atoms with E-state index in [9.17, 15) is 4.79 Å². The van der Waals surface area contributed by atoms with E-state index in [1.54, 1.807) is 13.2 Å². The Morgan fingerprint density at radius 1 is 1.64 bits per heavy atom. The maximum atomic E-state index is 10.6. The molecule has 0 unspecified atom stereocenters. The van der Waals surface area contributed by atoms with Crippen LogP contribution in [0, 0.1) is 6.92 Å². The Balaban J connectivity index is 2.51. The van der Waals surface area contributed by atoms with Gasteiger partial charge >= 0.3 is 0 Å². The summed E-state index contributed by atoms with van der Waals surface area (Å²) in [6.45, 7) is 3.52. The number of ketones is 1. The van der Waals surface area contributed by atoms with Crippen LogP contribution >= 0.6 is 0 Å². The summed E-state index contributed by atoms with van der Waals surface area (Å²) in [5.41, 5.74) is 1.14. The molecule has 0 amide bonds. The molecule has 60 valence electrons.